The summed E-state index contributed by atoms with van der Waals surface area (Å²) in [4.78, 5) is 0. The quantitative estimate of drug-likeness (QED) is 0.622. The van der Waals surface area contributed by atoms with Crippen LogP contribution >= 0.6 is 12.2 Å². The zero-order valence-corrected chi connectivity index (χ0v) is 10.2. The first-order valence-electron chi connectivity index (χ1n) is 5.08. The molecule has 0 aromatic heterocycles. The number of thiocarbonyl (C=S) groups is 1. The molecule has 0 heterocycles. The summed E-state index contributed by atoms with van der Waals surface area (Å²) >= 11 is 4.96. The Balaban J connectivity index is 2.37. The van der Waals surface area contributed by atoms with Gasteiger partial charge in [0.05, 0.1) is 6.61 Å². The molecule has 94 valence electrons. The van der Waals surface area contributed by atoms with Crippen molar-refractivity contribution in [1.82, 2.24) is 10.6 Å². The van der Waals surface area contributed by atoms with E-state index >= 15 is 0 Å². The van der Waals surface area contributed by atoms with E-state index in [4.69, 9.17) is 17.0 Å². The number of ether oxygens (including phenoxy) is 1. The lowest BCUT2D eigenvalue weighted by Crippen LogP contribution is -2.36. The number of rotatable bonds is 5. The summed E-state index contributed by atoms with van der Waals surface area (Å²) in [6.45, 7) is 1.33. The number of hydrogen-bond acceptors (Lipinski definition) is 2. The molecule has 0 aliphatic rings. The maximum Gasteiger partial charge on any atom is 0.166 e. The summed E-state index contributed by atoms with van der Waals surface area (Å²) in [5.41, 5.74) is 0.363. The van der Waals surface area contributed by atoms with Crippen LogP contribution in [0.4, 0.5) is 8.78 Å². The van der Waals surface area contributed by atoms with Gasteiger partial charge in [-0.1, -0.05) is 6.07 Å². The third kappa shape index (κ3) is 5.06. The first-order chi connectivity index (χ1) is 8.13. The van der Waals surface area contributed by atoms with Crippen LogP contribution in [0.5, 0.6) is 0 Å². The summed E-state index contributed by atoms with van der Waals surface area (Å²) in [6, 6.07) is 3.44. The lowest BCUT2D eigenvalue weighted by atomic mass is 10.2. The van der Waals surface area contributed by atoms with E-state index in [1.807, 2.05) is 0 Å². The number of nitrogens with one attached hydrogen (secondary N) is 2. The second-order valence-corrected chi connectivity index (χ2v) is 3.75. The number of halogens is 2. The van der Waals surface area contributed by atoms with Gasteiger partial charge in [0.1, 0.15) is 11.6 Å². The molecule has 0 amide bonds. The van der Waals surface area contributed by atoms with Crippen molar-refractivity contribution in [3.05, 3.63) is 35.4 Å². The van der Waals surface area contributed by atoms with Crippen LogP contribution in [-0.4, -0.2) is 25.4 Å². The van der Waals surface area contributed by atoms with Gasteiger partial charge in [-0.15, -0.1) is 0 Å². The summed E-state index contributed by atoms with van der Waals surface area (Å²) in [5.74, 6) is -1.18. The van der Waals surface area contributed by atoms with Crippen LogP contribution in [0.15, 0.2) is 18.2 Å². The van der Waals surface area contributed by atoms with Gasteiger partial charge < -0.3 is 15.4 Å². The second-order valence-electron chi connectivity index (χ2n) is 3.34. The molecule has 1 rings (SSSR count). The summed E-state index contributed by atoms with van der Waals surface area (Å²) in [5, 5.41) is 6.11. The molecule has 0 saturated heterocycles. The Hall–Kier alpha value is -1.27. The maximum atomic E-state index is 13.2. The Morgan fingerprint density at radius 3 is 2.76 bits per heavy atom. The van der Waals surface area contributed by atoms with Gasteiger partial charge in [-0.25, -0.2) is 8.78 Å². The molecule has 0 aliphatic heterocycles. The molecule has 0 spiro atoms. The second kappa shape index (κ2) is 7.13. The van der Waals surface area contributed by atoms with E-state index in [1.165, 1.54) is 12.1 Å². The topological polar surface area (TPSA) is 33.3 Å². The normalized spacial score (nSPS) is 10.1. The molecule has 1 aromatic rings. The average molecular weight is 260 g/mol. The van der Waals surface area contributed by atoms with Crippen molar-refractivity contribution in [2.24, 2.45) is 0 Å². The summed E-state index contributed by atoms with van der Waals surface area (Å²) in [7, 11) is 1.59. The van der Waals surface area contributed by atoms with Crippen LogP contribution in [0.1, 0.15) is 5.56 Å². The average Bonchev–Trinajstić information content (AvgIpc) is 2.28. The molecule has 0 aliphatic carbocycles. The van der Waals surface area contributed by atoms with Gasteiger partial charge in [-0.2, -0.15) is 0 Å². The van der Waals surface area contributed by atoms with Crippen molar-refractivity contribution < 1.29 is 13.5 Å². The molecule has 0 saturated carbocycles. The van der Waals surface area contributed by atoms with Gasteiger partial charge in [0.2, 0.25) is 0 Å². The highest BCUT2D eigenvalue weighted by molar-refractivity contribution is 7.80. The fourth-order valence-corrected chi connectivity index (χ4v) is 1.34. The first-order valence-corrected chi connectivity index (χ1v) is 5.49. The predicted molar refractivity (Wildman–Crippen MR) is 65.7 cm³/mol. The number of hydrogen-bond donors (Lipinski definition) is 2. The van der Waals surface area contributed by atoms with Crippen LogP contribution in [0.25, 0.3) is 0 Å². The van der Waals surface area contributed by atoms with E-state index in [0.29, 0.717) is 23.8 Å². The van der Waals surface area contributed by atoms with Gasteiger partial charge in [0.15, 0.2) is 5.11 Å². The predicted octanol–water partition coefficient (Wildman–Crippen LogP) is 1.58. The van der Waals surface area contributed by atoms with Crippen LogP contribution in [0.3, 0.4) is 0 Å². The molecule has 2 N–H and O–H groups in total. The summed E-state index contributed by atoms with van der Waals surface area (Å²) in [6.07, 6.45) is 0. The van der Waals surface area contributed by atoms with Crippen LogP contribution < -0.4 is 10.6 Å². The minimum atomic E-state index is -0.591. The number of benzene rings is 1. The molecule has 0 fully saturated rings. The van der Waals surface area contributed by atoms with Crippen LogP contribution in [0, 0.1) is 11.6 Å². The van der Waals surface area contributed by atoms with Crippen molar-refractivity contribution in [3.8, 4) is 0 Å². The van der Waals surface area contributed by atoms with Crippen LogP contribution in [0.2, 0.25) is 0 Å². The Morgan fingerprint density at radius 2 is 2.12 bits per heavy atom. The van der Waals surface area contributed by atoms with Gasteiger partial charge in [-0.05, 0) is 18.3 Å². The van der Waals surface area contributed by atoms with E-state index in [-0.39, 0.29) is 6.54 Å². The molecular weight excluding hydrogens is 246 g/mol. The molecule has 17 heavy (non-hydrogen) atoms. The Morgan fingerprint density at radius 1 is 1.35 bits per heavy atom. The smallest absolute Gasteiger partial charge is 0.166 e. The molecule has 0 atom stereocenters. The fourth-order valence-electron chi connectivity index (χ4n) is 1.17. The minimum Gasteiger partial charge on any atom is -0.383 e. The molecule has 1 aromatic carbocycles. The van der Waals surface area contributed by atoms with Gasteiger partial charge >= 0.3 is 0 Å². The highest BCUT2D eigenvalue weighted by Gasteiger charge is 2.03. The van der Waals surface area contributed by atoms with E-state index in [2.05, 4.69) is 10.6 Å². The Bertz CT molecular complexity index is 388. The molecule has 0 bridgehead atoms. The highest BCUT2D eigenvalue weighted by Crippen LogP contribution is 2.08. The monoisotopic (exact) mass is 260 g/mol. The minimum absolute atomic E-state index is 0.213. The van der Waals surface area contributed by atoms with E-state index in [1.54, 1.807) is 7.11 Å². The zero-order chi connectivity index (χ0) is 12.7. The van der Waals surface area contributed by atoms with Gasteiger partial charge in [-0.3, -0.25) is 0 Å². The van der Waals surface area contributed by atoms with Crippen molar-refractivity contribution in [3.63, 3.8) is 0 Å². The van der Waals surface area contributed by atoms with Crippen molar-refractivity contribution >= 4 is 17.3 Å². The SMILES string of the molecule is COCCNC(=S)NCc1ccc(F)cc1F. The van der Waals surface area contributed by atoms with Crippen molar-refractivity contribution in [1.29, 1.82) is 0 Å². The lowest BCUT2D eigenvalue weighted by Gasteiger charge is -2.10. The fraction of sp³-hybridized carbons (Fsp3) is 0.364. The third-order valence-electron chi connectivity index (χ3n) is 2.05. The van der Waals surface area contributed by atoms with Crippen LogP contribution in [-0.2, 0) is 11.3 Å². The van der Waals surface area contributed by atoms with Gasteiger partial charge in [0.25, 0.3) is 0 Å². The van der Waals surface area contributed by atoms with E-state index in [0.717, 1.165) is 6.07 Å². The standard InChI is InChI=1S/C11H14F2N2OS/c1-16-5-4-14-11(17)15-7-8-2-3-9(12)6-10(8)13/h2-3,6H,4-5,7H2,1H3,(H2,14,15,17). The molecule has 0 radical (unpaired) electrons. The highest BCUT2D eigenvalue weighted by atomic mass is 32.1. The lowest BCUT2D eigenvalue weighted by molar-refractivity contribution is 0.204. The molecular formula is C11H14F2N2OS. The molecule has 6 heteroatoms. The van der Waals surface area contributed by atoms with Crippen molar-refractivity contribution in [2.75, 3.05) is 20.3 Å². The summed E-state index contributed by atoms with van der Waals surface area (Å²) < 4.78 is 30.7. The third-order valence-corrected chi connectivity index (χ3v) is 2.33. The Kier molecular flexibility index (Phi) is 5.79. The zero-order valence-electron chi connectivity index (χ0n) is 9.43. The first kappa shape index (κ1) is 13.8. The van der Waals surface area contributed by atoms with Crippen molar-refractivity contribution in [2.45, 2.75) is 6.54 Å². The van der Waals surface area contributed by atoms with E-state index in [9.17, 15) is 8.78 Å². The Labute approximate surface area is 104 Å². The largest absolute Gasteiger partial charge is 0.383 e. The maximum absolute atomic E-state index is 13.2. The molecule has 0 unspecified atom stereocenters. The molecule has 3 nitrogen and oxygen atoms in total. The van der Waals surface area contributed by atoms with E-state index < -0.39 is 11.6 Å². The van der Waals surface area contributed by atoms with Gasteiger partial charge in [0, 0.05) is 31.8 Å². The number of methoxy groups -OCH3 is 1.